The number of rotatable bonds is 8. The number of carbonyl (C=O) groups is 1. The van der Waals surface area contributed by atoms with E-state index in [9.17, 15) is 4.79 Å². The zero-order valence-electron chi connectivity index (χ0n) is 14.2. The number of ether oxygens (including phenoxy) is 1. The Kier molecular flexibility index (Phi) is 5.92. The van der Waals surface area contributed by atoms with Crippen LogP contribution in [0, 0.1) is 5.92 Å². The second-order valence-corrected chi connectivity index (χ2v) is 6.08. The van der Waals surface area contributed by atoms with Gasteiger partial charge in [-0.3, -0.25) is 14.7 Å². The summed E-state index contributed by atoms with van der Waals surface area (Å²) in [6.45, 7) is 8.83. The fourth-order valence-electron chi connectivity index (χ4n) is 2.57. The summed E-state index contributed by atoms with van der Waals surface area (Å²) in [7, 11) is 1.91. The summed E-state index contributed by atoms with van der Waals surface area (Å²) in [6, 6.07) is 0. The molecule has 7 heteroatoms. The average molecular weight is 319 g/mol. The van der Waals surface area contributed by atoms with E-state index < -0.39 is 0 Å². The summed E-state index contributed by atoms with van der Waals surface area (Å²) in [5.74, 6) is 0.162. The Morgan fingerprint density at radius 1 is 1.39 bits per heavy atom. The largest absolute Gasteiger partial charge is 0.461 e. The molecule has 0 fully saturated rings. The normalized spacial score (nSPS) is 11.4. The second kappa shape index (κ2) is 7.92. The van der Waals surface area contributed by atoms with Gasteiger partial charge < -0.3 is 4.74 Å². The molecule has 0 aliphatic heterocycles. The Morgan fingerprint density at radius 2 is 2.17 bits per heavy atom. The molecular formula is C16H25N5O2. The molecule has 2 aromatic rings. The van der Waals surface area contributed by atoms with Crippen molar-refractivity contribution in [2.24, 2.45) is 13.0 Å². The van der Waals surface area contributed by atoms with Crippen molar-refractivity contribution >= 4 is 5.97 Å². The molecule has 126 valence electrons. The SMILES string of the molecule is CCOC(=O)c1[nH]ncc1CN(Cc1cnn(C)c1)CC(C)C. The molecular weight excluding hydrogens is 294 g/mol. The number of hydrogen-bond acceptors (Lipinski definition) is 5. The molecule has 1 N–H and O–H groups in total. The molecule has 0 radical (unpaired) electrons. The topological polar surface area (TPSA) is 76.0 Å². The van der Waals surface area contributed by atoms with Gasteiger partial charge in [-0.1, -0.05) is 13.8 Å². The predicted octanol–water partition coefficient (Wildman–Crippen LogP) is 1.98. The quantitative estimate of drug-likeness (QED) is 0.753. The molecule has 23 heavy (non-hydrogen) atoms. The van der Waals surface area contributed by atoms with Crippen LogP contribution < -0.4 is 0 Å². The number of aromatic amines is 1. The number of aryl methyl sites for hydroxylation is 1. The van der Waals surface area contributed by atoms with Crippen molar-refractivity contribution < 1.29 is 9.53 Å². The second-order valence-electron chi connectivity index (χ2n) is 6.08. The van der Waals surface area contributed by atoms with E-state index in [1.54, 1.807) is 17.8 Å². The maximum atomic E-state index is 12.0. The Labute approximate surface area is 136 Å². The van der Waals surface area contributed by atoms with Crippen LogP contribution in [0.5, 0.6) is 0 Å². The minimum absolute atomic E-state index is 0.350. The molecule has 0 bridgehead atoms. The van der Waals surface area contributed by atoms with E-state index in [0.717, 1.165) is 24.2 Å². The first-order valence-corrected chi connectivity index (χ1v) is 7.88. The lowest BCUT2D eigenvalue weighted by molar-refractivity contribution is 0.0516. The van der Waals surface area contributed by atoms with E-state index >= 15 is 0 Å². The number of nitrogens with zero attached hydrogens (tertiary/aromatic N) is 4. The van der Waals surface area contributed by atoms with E-state index in [4.69, 9.17) is 4.74 Å². The van der Waals surface area contributed by atoms with Gasteiger partial charge >= 0.3 is 5.97 Å². The van der Waals surface area contributed by atoms with Crippen LogP contribution in [0.25, 0.3) is 0 Å². The third-order valence-corrected chi connectivity index (χ3v) is 3.38. The Morgan fingerprint density at radius 3 is 2.78 bits per heavy atom. The number of H-pyrrole nitrogens is 1. The number of hydrogen-bond donors (Lipinski definition) is 1. The van der Waals surface area contributed by atoms with Crippen LogP contribution in [-0.2, 0) is 24.9 Å². The van der Waals surface area contributed by atoms with Crippen molar-refractivity contribution in [2.75, 3.05) is 13.2 Å². The summed E-state index contributed by atoms with van der Waals surface area (Å²) >= 11 is 0. The summed E-state index contributed by atoms with van der Waals surface area (Å²) in [4.78, 5) is 14.3. The number of esters is 1. The fourth-order valence-corrected chi connectivity index (χ4v) is 2.57. The monoisotopic (exact) mass is 319 g/mol. The lowest BCUT2D eigenvalue weighted by Gasteiger charge is -2.23. The number of carbonyl (C=O) groups excluding carboxylic acids is 1. The highest BCUT2D eigenvalue weighted by atomic mass is 16.5. The van der Waals surface area contributed by atoms with Crippen molar-refractivity contribution in [3.63, 3.8) is 0 Å². The van der Waals surface area contributed by atoms with Gasteiger partial charge in [-0.25, -0.2) is 4.79 Å². The van der Waals surface area contributed by atoms with Crippen LogP contribution in [0.4, 0.5) is 0 Å². The smallest absolute Gasteiger partial charge is 0.356 e. The van der Waals surface area contributed by atoms with Crippen LogP contribution in [0.2, 0.25) is 0 Å². The maximum absolute atomic E-state index is 12.0. The van der Waals surface area contributed by atoms with Crippen molar-refractivity contribution in [1.29, 1.82) is 0 Å². The molecule has 0 saturated heterocycles. The van der Waals surface area contributed by atoms with Crippen LogP contribution >= 0.6 is 0 Å². The molecule has 7 nitrogen and oxygen atoms in total. The van der Waals surface area contributed by atoms with Crippen molar-refractivity contribution in [3.05, 3.63) is 35.4 Å². The zero-order chi connectivity index (χ0) is 16.8. The van der Waals surface area contributed by atoms with Gasteiger partial charge in [-0.2, -0.15) is 10.2 Å². The highest BCUT2D eigenvalue weighted by Crippen LogP contribution is 2.14. The summed E-state index contributed by atoms with van der Waals surface area (Å²) < 4.78 is 6.87. The Bertz CT molecular complexity index is 632. The highest BCUT2D eigenvalue weighted by molar-refractivity contribution is 5.88. The fraction of sp³-hybridized carbons (Fsp3) is 0.562. The summed E-state index contributed by atoms with van der Waals surface area (Å²) in [5.41, 5.74) is 2.44. The lowest BCUT2D eigenvalue weighted by atomic mass is 10.1. The van der Waals surface area contributed by atoms with E-state index in [1.807, 2.05) is 19.4 Å². The first-order chi connectivity index (χ1) is 11.0. The molecule has 2 rings (SSSR count). The van der Waals surface area contributed by atoms with Gasteiger partial charge in [0.05, 0.1) is 19.0 Å². The average Bonchev–Trinajstić information content (AvgIpc) is 3.07. The zero-order valence-corrected chi connectivity index (χ0v) is 14.2. The van der Waals surface area contributed by atoms with Gasteiger partial charge in [0.25, 0.3) is 0 Å². The van der Waals surface area contributed by atoms with E-state index in [-0.39, 0.29) is 5.97 Å². The minimum atomic E-state index is -0.356. The third kappa shape index (κ3) is 4.92. The number of aromatic nitrogens is 4. The molecule has 2 heterocycles. The van der Waals surface area contributed by atoms with Gasteiger partial charge in [-0.05, 0) is 12.8 Å². The van der Waals surface area contributed by atoms with Crippen molar-refractivity contribution in [3.8, 4) is 0 Å². The van der Waals surface area contributed by atoms with E-state index in [1.165, 1.54) is 0 Å². The summed E-state index contributed by atoms with van der Waals surface area (Å²) in [5, 5.41) is 11.0. The first-order valence-electron chi connectivity index (χ1n) is 7.88. The first kappa shape index (κ1) is 17.2. The molecule has 0 aliphatic carbocycles. The minimum Gasteiger partial charge on any atom is -0.461 e. The molecule has 0 atom stereocenters. The molecule has 0 saturated carbocycles. The van der Waals surface area contributed by atoms with Crippen molar-refractivity contribution in [2.45, 2.75) is 33.9 Å². The Hall–Kier alpha value is -2.15. The van der Waals surface area contributed by atoms with Crippen LogP contribution in [0.3, 0.4) is 0 Å². The molecule has 0 spiro atoms. The predicted molar refractivity (Wildman–Crippen MR) is 86.7 cm³/mol. The standard InChI is InChI=1S/C16H25N5O2/c1-5-23-16(22)15-14(7-17-19-15)11-21(8-12(2)3)10-13-6-18-20(4)9-13/h6-7,9,12H,5,8,10-11H2,1-4H3,(H,17,19). The molecule has 0 unspecified atom stereocenters. The van der Waals surface area contributed by atoms with Crippen LogP contribution in [-0.4, -0.2) is 44.0 Å². The van der Waals surface area contributed by atoms with E-state index in [2.05, 4.69) is 34.0 Å². The lowest BCUT2D eigenvalue weighted by Crippen LogP contribution is -2.27. The highest BCUT2D eigenvalue weighted by Gasteiger charge is 2.18. The van der Waals surface area contributed by atoms with Gasteiger partial charge in [-0.15, -0.1) is 0 Å². The van der Waals surface area contributed by atoms with Gasteiger partial charge in [0.15, 0.2) is 0 Å². The van der Waals surface area contributed by atoms with Gasteiger partial charge in [0.2, 0.25) is 0 Å². The molecule has 0 amide bonds. The molecule has 0 aliphatic rings. The summed E-state index contributed by atoms with van der Waals surface area (Å²) in [6.07, 6.45) is 5.58. The third-order valence-electron chi connectivity index (χ3n) is 3.38. The van der Waals surface area contributed by atoms with Crippen LogP contribution in [0.1, 0.15) is 42.4 Å². The van der Waals surface area contributed by atoms with E-state index in [0.29, 0.717) is 24.8 Å². The van der Waals surface area contributed by atoms with Crippen molar-refractivity contribution in [1.82, 2.24) is 24.9 Å². The maximum Gasteiger partial charge on any atom is 0.356 e. The molecule has 0 aromatic carbocycles. The Balaban J connectivity index is 2.11. The van der Waals surface area contributed by atoms with Crippen LogP contribution in [0.15, 0.2) is 18.6 Å². The van der Waals surface area contributed by atoms with Gasteiger partial charge in [0, 0.05) is 44.0 Å². The van der Waals surface area contributed by atoms with Gasteiger partial charge in [0.1, 0.15) is 5.69 Å². The number of nitrogens with one attached hydrogen (secondary N) is 1. The molecule has 2 aromatic heterocycles.